The van der Waals surface area contributed by atoms with E-state index in [0.717, 1.165) is 11.1 Å². The Hall–Kier alpha value is -3.39. The fraction of sp³-hybridized carbons (Fsp3) is 0.200. The Labute approximate surface area is 171 Å². The number of carbonyl (C=O) groups is 2. The second-order valence-corrected chi connectivity index (χ2v) is 7.45. The molecule has 0 bridgehead atoms. The minimum atomic E-state index is -0.637. The van der Waals surface area contributed by atoms with Gasteiger partial charge in [-0.05, 0) is 11.6 Å². The molecule has 0 spiro atoms. The molecule has 3 amide bonds. The van der Waals surface area contributed by atoms with Crippen molar-refractivity contribution in [3.8, 4) is 11.4 Å². The van der Waals surface area contributed by atoms with E-state index in [2.05, 4.69) is 15.5 Å². The monoisotopic (exact) mass is 408 g/mol. The van der Waals surface area contributed by atoms with Crippen molar-refractivity contribution < 1.29 is 9.59 Å². The lowest BCUT2D eigenvalue weighted by atomic mass is 10.1. The van der Waals surface area contributed by atoms with Crippen molar-refractivity contribution in [3.05, 3.63) is 65.2 Å². The predicted molar refractivity (Wildman–Crippen MR) is 107 cm³/mol. The van der Waals surface area contributed by atoms with E-state index >= 15 is 0 Å². The highest BCUT2D eigenvalue weighted by Gasteiger charge is 2.52. The van der Waals surface area contributed by atoms with Crippen LogP contribution in [-0.4, -0.2) is 44.7 Å². The number of nitrogens with zero attached hydrogens (tertiary/aromatic N) is 5. The maximum absolute atomic E-state index is 12.8. The molecule has 0 saturated carbocycles. The first-order chi connectivity index (χ1) is 14.1. The molecule has 1 aromatic heterocycles. The Balaban J connectivity index is 1.66. The molecule has 0 aliphatic carbocycles. The number of aromatic nitrogens is 3. The van der Waals surface area contributed by atoms with Crippen LogP contribution in [0.2, 0.25) is 5.02 Å². The molecule has 5 rings (SSSR count). The van der Waals surface area contributed by atoms with Gasteiger partial charge in [0.25, 0.3) is 5.91 Å². The molecule has 2 aromatic carbocycles. The molecule has 3 aromatic rings. The van der Waals surface area contributed by atoms with E-state index in [0.29, 0.717) is 23.3 Å². The van der Waals surface area contributed by atoms with E-state index in [-0.39, 0.29) is 5.91 Å². The third-order valence-corrected chi connectivity index (χ3v) is 5.73. The molecule has 2 aliphatic heterocycles. The van der Waals surface area contributed by atoms with Gasteiger partial charge in [0, 0.05) is 24.2 Å². The fourth-order valence-electron chi connectivity index (χ4n) is 3.96. The maximum Gasteiger partial charge on any atom is 0.325 e. The number of amides is 3. The molecule has 1 saturated heterocycles. The number of anilines is 1. The average Bonchev–Trinajstić information content (AvgIpc) is 3.28. The van der Waals surface area contributed by atoms with Gasteiger partial charge in [-0.3, -0.25) is 14.7 Å². The van der Waals surface area contributed by atoms with Crippen LogP contribution in [0.25, 0.3) is 11.4 Å². The summed E-state index contributed by atoms with van der Waals surface area (Å²) in [4.78, 5) is 28.5. The molecule has 1 N–H and O–H groups in total. The summed E-state index contributed by atoms with van der Waals surface area (Å²) in [5.41, 5.74) is 1.72. The summed E-state index contributed by atoms with van der Waals surface area (Å²) in [6, 6.07) is 16.0. The normalized spacial score (nSPS) is 20.5. The zero-order valence-corrected chi connectivity index (χ0v) is 16.2. The highest BCUT2D eigenvalue weighted by atomic mass is 35.5. The molecule has 1 fully saturated rings. The predicted octanol–water partition coefficient (Wildman–Crippen LogP) is 2.67. The minimum absolute atomic E-state index is 0.364. The van der Waals surface area contributed by atoms with Crippen LogP contribution in [-0.2, 0) is 11.3 Å². The summed E-state index contributed by atoms with van der Waals surface area (Å²) < 4.78 is 1.85. The van der Waals surface area contributed by atoms with Crippen LogP contribution in [0.1, 0.15) is 11.7 Å². The van der Waals surface area contributed by atoms with Gasteiger partial charge in [0.1, 0.15) is 6.17 Å². The van der Waals surface area contributed by atoms with Crippen LogP contribution < -0.4 is 10.2 Å². The van der Waals surface area contributed by atoms with Gasteiger partial charge in [-0.15, -0.1) is 10.2 Å². The minimum Gasteiger partial charge on any atom is -0.321 e. The van der Waals surface area contributed by atoms with E-state index in [1.165, 1.54) is 4.90 Å². The van der Waals surface area contributed by atoms with E-state index in [9.17, 15) is 9.59 Å². The lowest BCUT2D eigenvalue weighted by Gasteiger charge is -2.37. The first-order valence-corrected chi connectivity index (χ1v) is 9.52. The topological polar surface area (TPSA) is 83.4 Å². The average molecular weight is 409 g/mol. The number of nitrogens with one attached hydrogen (secondary N) is 1. The lowest BCUT2D eigenvalue weighted by Crippen LogP contribution is -2.61. The molecular formula is C20H17ClN6O2. The number of fused-ring (bicyclic) bond motifs is 3. The van der Waals surface area contributed by atoms with Gasteiger partial charge in [0.2, 0.25) is 5.95 Å². The Kier molecular flexibility index (Phi) is 4.02. The van der Waals surface area contributed by atoms with Crippen LogP contribution in [0.5, 0.6) is 0 Å². The van der Waals surface area contributed by atoms with Crippen molar-refractivity contribution >= 4 is 29.5 Å². The van der Waals surface area contributed by atoms with Crippen LogP contribution in [0.3, 0.4) is 0 Å². The molecule has 2 unspecified atom stereocenters. The van der Waals surface area contributed by atoms with Gasteiger partial charge in [-0.1, -0.05) is 60.1 Å². The quantitative estimate of drug-likeness (QED) is 0.720. The maximum atomic E-state index is 12.8. The summed E-state index contributed by atoms with van der Waals surface area (Å²) in [5.74, 6) is 0.761. The van der Waals surface area contributed by atoms with Crippen molar-refractivity contribution in [1.29, 1.82) is 0 Å². The van der Waals surface area contributed by atoms with Crippen LogP contribution >= 0.6 is 11.6 Å². The fourth-order valence-corrected chi connectivity index (χ4v) is 4.16. The zero-order valence-electron chi connectivity index (χ0n) is 15.5. The number of rotatable bonds is 3. The van der Waals surface area contributed by atoms with Crippen molar-refractivity contribution in [3.63, 3.8) is 0 Å². The number of imide groups is 1. The molecule has 3 heterocycles. The van der Waals surface area contributed by atoms with Gasteiger partial charge in [0.05, 0.1) is 0 Å². The first kappa shape index (κ1) is 17.7. The summed E-state index contributed by atoms with van der Waals surface area (Å²) in [6.07, 6.45) is -0.557. The third kappa shape index (κ3) is 2.67. The molecular weight excluding hydrogens is 392 g/mol. The summed E-state index contributed by atoms with van der Waals surface area (Å²) >= 11 is 6.36. The van der Waals surface area contributed by atoms with Crippen LogP contribution in [0.4, 0.5) is 10.7 Å². The molecule has 0 radical (unpaired) electrons. The Morgan fingerprint density at radius 3 is 2.52 bits per heavy atom. The number of hydrogen-bond acceptors (Lipinski definition) is 5. The van der Waals surface area contributed by atoms with Gasteiger partial charge in [-0.2, -0.15) is 0 Å². The SMILES string of the molecule is CN1C(=O)NC(=O)C2C1n1c(-c3ccccc3)nnc1N2Cc1ccccc1Cl. The number of likely N-dealkylation sites (N-methyl/N-ethyl adjacent to an activating group) is 1. The van der Waals surface area contributed by atoms with Crippen LogP contribution in [0, 0.1) is 0 Å². The van der Waals surface area contributed by atoms with Crippen LogP contribution in [0.15, 0.2) is 54.6 Å². The molecule has 29 heavy (non-hydrogen) atoms. The van der Waals surface area contributed by atoms with E-state index in [1.54, 1.807) is 13.1 Å². The number of benzene rings is 2. The Bertz CT molecular complexity index is 1120. The lowest BCUT2D eigenvalue weighted by molar-refractivity contribution is -0.124. The molecule has 8 nitrogen and oxygen atoms in total. The summed E-state index contributed by atoms with van der Waals surface area (Å²) in [7, 11) is 1.66. The number of halogens is 1. The van der Waals surface area contributed by atoms with Crippen molar-refractivity contribution in [2.75, 3.05) is 11.9 Å². The Morgan fingerprint density at radius 2 is 1.76 bits per heavy atom. The Morgan fingerprint density at radius 1 is 1.03 bits per heavy atom. The largest absolute Gasteiger partial charge is 0.325 e. The van der Waals surface area contributed by atoms with E-state index in [4.69, 9.17) is 11.6 Å². The van der Waals surface area contributed by atoms with Gasteiger partial charge < -0.3 is 9.80 Å². The number of urea groups is 1. The van der Waals surface area contributed by atoms with Gasteiger partial charge in [0.15, 0.2) is 11.9 Å². The highest BCUT2D eigenvalue weighted by molar-refractivity contribution is 6.31. The van der Waals surface area contributed by atoms with Gasteiger partial charge >= 0.3 is 6.03 Å². The smallest absolute Gasteiger partial charge is 0.321 e. The summed E-state index contributed by atoms with van der Waals surface area (Å²) in [5, 5.41) is 11.8. The third-order valence-electron chi connectivity index (χ3n) is 5.36. The van der Waals surface area contributed by atoms with E-state index in [1.807, 2.05) is 58.0 Å². The second-order valence-electron chi connectivity index (χ2n) is 7.04. The number of carbonyl (C=O) groups excluding carboxylic acids is 2. The standard InChI is InChI=1S/C20H17ClN6O2/c1-25-18-15(17(28)22-20(25)29)26(11-13-9-5-6-10-14(13)21)19-24-23-16(27(18)19)12-7-3-2-4-8-12/h2-10,15,18H,11H2,1H3,(H,22,28,29). The van der Waals surface area contributed by atoms with Crippen molar-refractivity contribution in [2.24, 2.45) is 0 Å². The zero-order chi connectivity index (χ0) is 20.1. The first-order valence-electron chi connectivity index (χ1n) is 9.14. The molecule has 146 valence electrons. The molecule has 2 aliphatic rings. The van der Waals surface area contributed by atoms with E-state index < -0.39 is 18.2 Å². The molecule has 9 heteroatoms. The highest BCUT2D eigenvalue weighted by Crippen LogP contribution is 2.41. The summed E-state index contributed by atoms with van der Waals surface area (Å²) in [6.45, 7) is 0.364. The van der Waals surface area contributed by atoms with Gasteiger partial charge in [-0.25, -0.2) is 4.79 Å². The van der Waals surface area contributed by atoms with Crippen molar-refractivity contribution in [1.82, 2.24) is 25.0 Å². The number of hydrogen-bond donors (Lipinski definition) is 1. The molecule has 2 atom stereocenters. The van der Waals surface area contributed by atoms with Crippen molar-refractivity contribution in [2.45, 2.75) is 18.8 Å². The second kappa shape index (κ2) is 6.59.